The second-order valence-electron chi connectivity index (χ2n) is 4.06. The quantitative estimate of drug-likeness (QED) is 0.730. The first-order valence-corrected chi connectivity index (χ1v) is 8.18. The Hall–Kier alpha value is -0.960. The zero-order valence-electron chi connectivity index (χ0n) is 10.9. The molecule has 0 bridgehead atoms. The van der Waals surface area contributed by atoms with Crippen molar-refractivity contribution in [1.29, 1.82) is 0 Å². The summed E-state index contributed by atoms with van der Waals surface area (Å²) in [5.41, 5.74) is 0.766. The highest BCUT2D eigenvalue weighted by atomic mass is 32.2. The van der Waals surface area contributed by atoms with Gasteiger partial charge in [-0.2, -0.15) is 0 Å². The Bertz CT molecular complexity index is 537. The monoisotopic (exact) mass is 306 g/mol. The van der Waals surface area contributed by atoms with Crippen LogP contribution in [-0.2, 0) is 14.8 Å². The minimum absolute atomic E-state index is 0.0389. The smallest absolute Gasteiger partial charge is 0.252 e. The van der Waals surface area contributed by atoms with E-state index in [1.165, 1.54) is 5.38 Å². The molecule has 0 unspecified atom stereocenters. The van der Waals surface area contributed by atoms with Crippen LogP contribution in [0.1, 0.15) is 28.8 Å². The third-order valence-corrected chi connectivity index (χ3v) is 5.24. The van der Waals surface area contributed by atoms with Crippen LogP contribution in [0.4, 0.5) is 0 Å². The highest BCUT2D eigenvalue weighted by Crippen LogP contribution is 2.25. The normalized spacial score (nSPS) is 11.5. The van der Waals surface area contributed by atoms with Gasteiger partial charge in [-0.3, -0.25) is 4.79 Å². The van der Waals surface area contributed by atoms with Crippen LogP contribution in [0.3, 0.4) is 0 Å². The second kappa shape index (κ2) is 6.99. The molecule has 0 aliphatic carbocycles. The summed E-state index contributed by atoms with van der Waals surface area (Å²) in [6.45, 7) is 2.77. The van der Waals surface area contributed by atoms with Crippen LogP contribution in [0, 0.1) is 6.92 Å². The molecule has 0 saturated carbocycles. The minimum atomic E-state index is -3.76. The van der Waals surface area contributed by atoms with Gasteiger partial charge in [0.05, 0.1) is 5.56 Å². The Kier molecular flexibility index (Phi) is 5.92. The van der Waals surface area contributed by atoms with Gasteiger partial charge in [0.25, 0.3) is 5.91 Å². The van der Waals surface area contributed by atoms with Gasteiger partial charge in [0.2, 0.25) is 10.0 Å². The highest BCUT2D eigenvalue weighted by Gasteiger charge is 2.20. The standard InChI is InChI=1S/C11H18N2O4S2/c1-8-9(7-18-11(8)19(12,15)16)10(14)13-5-3-4-6-17-2/h7H,3-6H2,1-2H3,(H,13,14)(H2,12,15,16). The molecule has 0 spiro atoms. The molecule has 0 aliphatic rings. The van der Waals surface area contributed by atoms with Crippen molar-refractivity contribution in [2.45, 2.75) is 24.0 Å². The third-order valence-electron chi connectivity index (χ3n) is 2.56. The first kappa shape index (κ1) is 16.1. The number of carbonyl (C=O) groups excluding carboxylic acids is 1. The van der Waals surface area contributed by atoms with E-state index in [2.05, 4.69) is 5.32 Å². The molecule has 1 amide bonds. The summed E-state index contributed by atoms with van der Waals surface area (Å²) in [7, 11) is -2.13. The Balaban J connectivity index is 2.61. The molecule has 1 aromatic rings. The van der Waals surface area contributed by atoms with E-state index in [1.807, 2.05) is 0 Å². The number of nitrogens with two attached hydrogens (primary N) is 1. The molecule has 108 valence electrons. The predicted octanol–water partition coefficient (Wildman–Crippen LogP) is 0.860. The summed E-state index contributed by atoms with van der Waals surface area (Å²) in [5, 5.41) is 9.32. The lowest BCUT2D eigenvalue weighted by Crippen LogP contribution is -2.25. The van der Waals surface area contributed by atoms with Gasteiger partial charge in [-0.1, -0.05) is 0 Å². The molecule has 0 aliphatic heterocycles. The number of hydrogen-bond donors (Lipinski definition) is 2. The summed E-state index contributed by atoms with van der Waals surface area (Å²) in [4.78, 5) is 11.9. The molecule has 0 aromatic carbocycles. The molecule has 0 radical (unpaired) electrons. The van der Waals surface area contributed by atoms with E-state index in [0.717, 1.165) is 24.2 Å². The number of hydrogen-bond acceptors (Lipinski definition) is 5. The fraction of sp³-hybridized carbons (Fsp3) is 0.545. The van der Waals surface area contributed by atoms with Crippen LogP contribution in [0.5, 0.6) is 0 Å². The lowest BCUT2D eigenvalue weighted by atomic mass is 10.2. The summed E-state index contributed by atoms with van der Waals surface area (Å²) < 4.78 is 27.5. The topological polar surface area (TPSA) is 98.5 Å². The van der Waals surface area contributed by atoms with Gasteiger partial charge >= 0.3 is 0 Å². The maximum Gasteiger partial charge on any atom is 0.252 e. The first-order chi connectivity index (χ1) is 8.88. The number of thiophene rings is 1. The molecule has 8 heteroatoms. The van der Waals surface area contributed by atoms with Gasteiger partial charge in [0.15, 0.2) is 0 Å². The average molecular weight is 306 g/mol. The van der Waals surface area contributed by atoms with E-state index in [1.54, 1.807) is 14.0 Å². The number of primary sulfonamides is 1. The molecule has 19 heavy (non-hydrogen) atoms. The predicted molar refractivity (Wildman–Crippen MR) is 73.9 cm³/mol. The molecule has 0 fully saturated rings. The summed E-state index contributed by atoms with van der Waals surface area (Å²) in [5.74, 6) is -0.277. The van der Waals surface area contributed by atoms with Gasteiger partial charge in [-0.25, -0.2) is 13.6 Å². The van der Waals surface area contributed by atoms with Gasteiger partial charge in [0, 0.05) is 25.6 Å². The fourth-order valence-electron chi connectivity index (χ4n) is 1.57. The summed E-state index contributed by atoms with van der Waals surface area (Å²) in [6.07, 6.45) is 1.67. The zero-order chi connectivity index (χ0) is 14.5. The van der Waals surface area contributed by atoms with Crippen LogP contribution in [0.2, 0.25) is 0 Å². The van der Waals surface area contributed by atoms with Gasteiger partial charge in [0.1, 0.15) is 4.21 Å². The van der Waals surface area contributed by atoms with E-state index in [0.29, 0.717) is 24.3 Å². The van der Waals surface area contributed by atoms with Crippen molar-refractivity contribution in [2.75, 3.05) is 20.3 Å². The first-order valence-electron chi connectivity index (χ1n) is 5.76. The van der Waals surface area contributed by atoms with Crippen molar-refractivity contribution >= 4 is 27.3 Å². The Morgan fingerprint density at radius 1 is 1.47 bits per heavy atom. The van der Waals surface area contributed by atoms with Crippen LogP contribution < -0.4 is 10.5 Å². The number of sulfonamides is 1. The minimum Gasteiger partial charge on any atom is -0.385 e. The lowest BCUT2D eigenvalue weighted by Gasteiger charge is -2.05. The summed E-state index contributed by atoms with van der Waals surface area (Å²) >= 11 is 0.965. The second-order valence-corrected chi connectivity index (χ2v) is 6.70. The molecule has 3 N–H and O–H groups in total. The van der Waals surface area contributed by atoms with Crippen molar-refractivity contribution in [3.63, 3.8) is 0 Å². The van der Waals surface area contributed by atoms with Crippen LogP contribution >= 0.6 is 11.3 Å². The van der Waals surface area contributed by atoms with E-state index in [4.69, 9.17) is 9.88 Å². The highest BCUT2D eigenvalue weighted by molar-refractivity contribution is 7.91. The van der Waals surface area contributed by atoms with Crippen molar-refractivity contribution < 1.29 is 17.9 Å². The fourth-order valence-corrected chi connectivity index (χ4v) is 3.58. The van der Waals surface area contributed by atoms with Gasteiger partial charge < -0.3 is 10.1 Å². The molecule has 6 nitrogen and oxygen atoms in total. The zero-order valence-corrected chi connectivity index (χ0v) is 12.6. The van der Waals surface area contributed by atoms with E-state index < -0.39 is 10.0 Å². The Labute approximate surface area is 117 Å². The molecular formula is C11H18N2O4S2. The SMILES string of the molecule is COCCCCNC(=O)c1csc(S(N)(=O)=O)c1C. The largest absolute Gasteiger partial charge is 0.385 e. The van der Waals surface area contributed by atoms with Crippen LogP contribution in [0.15, 0.2) is 9.59 Å². The number of nitrogens with one attached hydrogen (secondary N) is 1. The Morgan fingerprint density at radius 3 is 2.68 bits per heavy atom. The molecule has 1 heterocycles. The molecule has 0 saturated heterocycles. The molecule has 1 aromatic heterocycles. The molecule has 0 atom stereocenters. The van der Waals surface area contributed by atoms with Crippen molar-refractivity contribution in [3.05, 3.63) is 16.5 Å². The molecule has 1 rings (SSSR count). The number of unbranched alkanes of at least 4 members (excludes halogenated alkanes) is 1. The number of carbonyl (C=O) groups is 1. The maximum atomic E-state index is 11.9. The van der Waals surface area contributed by atoms with Gasteiger partial charge in [-0.05, 0) is 25.3 Å². The Morgan fingerprint density at radius 2 is 2.16 bits per heavy atom. The molecular weight excluding hydrogens is 288 g/mol. The summed E-state index contributed by atoms with van der Waals surface area (Å²) in [6, 6.07) is 0. The lowest BCUT2D eigenvalue weighted by molar-refractivity contribution is 0.0951. The number of ether oxygens (including phenoxy) is 1. The maximum absolute atomic E-state index is 11.9. The van der Waals surface area contributed by atoms with E-state index in [-0.39, 0.29) is 10.1 Å². The van der Waals surface area contributed by atoms with Crippen molar-refractivity contribution in [1.82, 2.24) is 5.32 Å². The van der Waals surface area contributed by atoms with E-state index >= 15 is 0 Å². The van der Waals surface area contributed by atoms with Crippen LogP contribution in [0.25, 0.3) is 0 Å². The van der Waals surface area contributed by atoms with Crippen molar-refractivity contribution in [3.8, 4) is 0 Å². The third kappa shape index (κ3) is 4.57. The van der Waals surface area contributed by atoms with Crippen LogP contribution in [-0.4, -0.2) is 34.6 Å². The van der Waals surface area contributed by atoms with Crippen molar-refractivity contribution in [2.24, 2.45) is 5.14 Å². The number of amides is 1. The van der Waals surface area contributed by atoms with Gasteiger partial charge in [-0.15, -0.1) is 11.3 Å². The average Bonchev–Trinajstić information content (AvgIpc) is 2.70. The number of methoxy groups -OCH3 is 1. The van der Waals surface area contributed by atoms with E-state index in [9.17, 15) is 13.2 Å². The number of rotatable bonds is 7.